The van der Waals surface area contributed by atoms with Crippen molar-refractivity contribution in [3.05, 3.63) is 0 Å². The third-order valence-electron chi connectivity index (χ3n) is 2.77. The Morgan fingerprint density at radius 3 is 2.29 bits per heavy atom. The molecule has 0 saturated carbocycles. The van der Waals surface area contributed by atoms with Crippen LogP contribution in [0.2, 0.25) is 0 Å². The fourth-order valence-corrected chi connectivity index (χ4v) is 1.75. The summed E-state index contributed by atoms with van der Waals surface area (Å²) in [6.07, 6.45) is 3.82. The molecule has 0 N–H and O–H groups in total. The first-order chi connectivity index (χ1) is 8.20. The van der Waals surface area contributed by atoms with Gasteiger partial charge in [-0.2, -0.15) is 0 Å². The van der Waals surface area contributed by atoms with E-state index in [0.717, 1.165) is 45.2 Å². The van der Waals surface area contributed by atoms with E-state index in [2.05, 4.69) is 25.7 Å². The molecule has 0 aromatic heterocycles. The number of morpholine rings is 1. The maximum Gasteiger partial charge on any atom is 0.0594 e. The summed E-state index contributed by atoms with van der Waals surface area (Å²) >= 11 is 0. The minimum Gasteiger partial charge on any atom is -0.385 e. The van der Waals surface area contributed by atoms with Crippen molar-refractivity contribution in [2.45, 2.75) is 40.0 Å². The Morgan fingerprint density at radius 2 is 1.88 bits per heavy atom. The van der Waals surface area contributed by atoms with Gasteiger partial charge in [0.1, 0.15) is 0 Å². The second-order valence-electron chi connectivity index (χ2n) is 4.98. The lowest BCUT2D eigenvalue weighted by Crippen LogP contribution is -2.36. The Labute approximate surface area is 107 Å². The molecule has 0 aromatic rings. The lowest BCUT2D eigenvalue weighted by Gasteiger charge is -2.26. The molecule has 1 aliphatic rings. The molecule has 104 valence electrons. The van der Waals surface area contributed by atoms with Gasteiger partial charge in [-0.25, -0.2) is 0 Å². The number of nitrogens with zero attached hydrogens (tertiary/aromatic N) is 1. The quantitative estimate of drug-likeness (QED) is 0.718. The number of rotatable bonds is 6. The van der Waals surface area contributed by atoms with Crippen molar-refractivity contribution >= 4 is 0 Å². The lowest BCUT2D eigenvalue weighted by molar-refractivity contribution is 0.0368. The molecule has 0 unspecified atom stereocenters. The summed E-state index contributed by atoms with van der Waals surface area (Å²) < 4.78 is 9.98. The van der Waals surface area contributed by atoms with Gasteiger partial charge in [-0.15, -0.1) is 0 Å². The molecular formula is C14H31NO2. The Balaban J connectivity index is 0.000000437. The Morgan fingerprint density at radius 1 is 1.24 bits per heavy atom. The van der Waals surface area contributed by atoms with Crippen LogP contribution in [0.3, 0.4) is 0 Å². The van der Waals surface area contributed by atoms with E-state index in [1.807, 2.05) is 0 Å². The van der Waals surface area contributed by atoms with Crippen molar-refractivity contribution in [3.63, 3.8) is 0 Å². The van der Waals surface area contributed by atoms with Crippen molar-refractivity contribution < 1.29 is 9.47 Å². The van der Waals surface area contributed by atoms with Gasteiger partial charge in [0.2, 0.25) is 0 Å². The first kappa shape index (κ1) is 16.9. The van der Waals surface area contributed by atoms with E-state index in [1.165, 1.54) is 19.4 Å². The van der Waals surface area contributed by atoms with Gasteiger partial charge in [0, 0.05) is 26.8 Å². The summed E-state index contributed by atoms with van der Waals surface area (Å²) in [7, 11) is 1.71. The lowest BCUT2D eigenvalue weighted by atomic mass is 10.1. The van der Waals surface area contributed by atoms with E-state index in [9.17, 15) is 0 Å². The topological polar surface area (TPSA) is 21.7 Å². The van der Waals surface area contributed by atoms with E-state index in [4.69, 9.17) is 9.47 Å². The van der Waals surface area contributed by atoms with Gasteiger partial charge >= 0.3 is 0 Å². The first-order valence-electron chi connectivity index (χ1n) is 6.99. The summed E-state index contributed by atoms with van der Waals surface area (Å²) in [6, 6.07) is 0. The predicted octanol–water partition coefficient (Wildman–Crippen LogP) is 2.80. The molecule has 0 aromatic carbocycles. The molecule has 0 aliphatic carbocycles. The number of hydrogen-bond donors (Lipinski definition) is 0. The Bertz CT molecular complexity index is 143. The molecule has 1 aliphatic heterocycles. The highest BCUT2D eigenvalue weighted by atomic mass is 16.5. The zero-order valence-electron chi connectivity index (χ0n) is 12.2. The molecule has 1 heterocycles. The maximum absolute atomic E-state index is 5.29. The van der Waals surface area contributed by atoms with Gasteiger partial charge in [-0.05, 0) is 31.7 Å². The van der Waals surface area contributed by atoms with E-state index >= 15 is 0 Å². The van der Waals surface area contributed by atoms with E-state index in [1.54, 1.807) is 7.11 Å². The largest absolute Gasteiger partial charge is 0.385 e. The zero-order valence-corrected chi connectivity index (χ0v) is 12.2. The summed E-state index contributed by atoms with van der Waals surface area (Å²) in [5, 5.41) is 0. The van der Waals surface area contributed by atoms with Crippen LogP contribution in [0.5, 0.6) is 0 Å². The number of ether oxygens (including phenoxy) is 2. The standard InChI is InChI=1S/C10H21NO.C4H10O/c1-10(2)4-3-5-11-6-8-12-9-7-11;1-3-4-5-2/h10H,3-9H2,1-2H3;3-4H2,1-2H3. The monoisotopic (exact) mass is 245 g/mol. The summed E-state index contributed by atoms with van der Waals surface area (Å²) in [4.78, 5) is 2.51. The molecule has 0 spiro atoms. The molecule has 0 atom stereocenters. The molecule has 0 amide bonds. The van der Waals surface area contributed by atoms with Crippen molar-refractivity contribution in [2.24, 2.45) is 5.92 Å². The fraction of sp³-hybridized carbons (Fsp3) is 1.00. The highest BCUT2D eigenvalue weighted by Crippen LogP contribution is 2.05. The predicted molar refractivity (Wildman–Crippen MR) is 73.5 cm³/mol. The normalized spacial score (nSPS) is 16.8. The highest BCUT2D eigenvalue weighted by Gasteiger charge is 2.09. The van der Waals surface area contributed by atoms with Crippen LogP contribution in [-0.4, -0.2) is 51.5 Å². The van der Waals surface area contributed by atoms with Crippen LogP contribution < -0.4 is 0 Å². The molecule has 1 rings (SSSR count). The Hall–Kier alpha value is -0.120. The molecule has 0 radical (unpaired) electrons. The third-order valence-corrected chi connectivity index (χ3v) is 2.77. The molecule has 3 heteroatoms. The first-order valence-corrected chi connectivity index (χ1v) is 6.99. The van der Waals surface area contributed by atoms with Gasteiger partial charge in [-0.3, -0.25) is 4.90 Å². The van der Waals surface area contributed by atoms with Crippen molar-refractivity contribution in [2.75, 3.05) is 46.6 Å². The summed E-state index contributed by atoms with van der Waals surface area (Å²) in [6.45, 7) is 13.0. The average molecular weight is 245 g/mol. The van der Waals surface area contributed by atoms with Gasteiger partial charge in [-0.1, -0.05) is 20.8 Å². The van der Waals surface area contributed by atoms with Crippen molar-refractivity contribution in [3.8, 4) is 0 Å². The van der Waals surface area contributed by atoms with Gasteiger partial charge in [0.15, 0.2) is 0 Å². The van der Waals surface area contributed by atoms with Gasteiger partial charge in [0.05, 0.1) is 13.2 Å². The third kappa shape index (κ3) is 12.1. The van der Waals surface area contributed by atoms with E-state index in [0.29, 0.717) is 0 Å². The smallest absolute Gasteiger partial charge is 0.0594 e. The average Bonchev–Trinajstić information content (AvgIpc) is 2.32. The number of methoxy groups -OCH3 is 1. The molecule has 17 heavy (non-hydrogen) atoms. The molecule has 1 fully saturated rings. The van der Waals surface area contributed by atoms with Crippen LogP contribution in [0, 0.1) is 5.92 Å². The van der Waals surface area contributed by atoms with Crippen LogP contribution in [0.15, 0.2) is 0 Å². The van der Waals surface area contributed by atoms with E-state index in [-0.39, 0.29) is 0 Å². The minimum absolute atomic E-state index is 0.853. The van der Waals surface area contributed by atoms with Gasteiger partial charge in [0.25, 0.3) is 0 Å². The van der Waals surface area contributed by atoms with Crippen LogP contribution in [0.25, 0.3) is 0 Å². The molecule has 0 bridgehead atoms. The van der Waals surface area contributed by atoms with Crippen LogP contribution in [0.1, 0.15) is 40.0 Å². The summed E-state index contributed by atoms with van der Waals surface area (Å²) in [5.41, 5.74) is 0. The van der Waals surface area contributed by atoms with Crippen molar-refractivity contribution in [1.29, 1.82) is 0 Å². The van der Waals surface area contributed by atoms with Crippen LogP contribution >= 0.6 is 0 Å². The second kappa shape index (κ2) is 12.3. The fourth-order valence-electron chi connectivity index (χ4n) is 1.75. The van der Waals surface area contributed by atoms with Crippen LogP contribution in [0.4, 0.5) is 0 Å². The summed E-state index contributed by atoms with van der Waals surface area (Å²) in [5.74, 6) is 0.853. The number of hydrogen-bond acceptors (Lipinski definition) is 3. The molecular weight excluding hydrogens is 214 g/mol. The minimum atomic E-state index is 0.853. The molecule has 3 nitrogen and oxygen atoms in total. The maximum atomic E-state index is 5.29. The highest BCUT2D eigenvalue weighted by molar-refractivity contribution is 4.61. The second-order valence-corrected chi connectivity index (χ2v) is 4.98. The van der Waals surface area contributed by atoms with E-state index < -0.39 is 0 Å². The van der Waals surface area contributed by atoms with Gasteiger partial charge < -0.3 is 9.47 Å². The molecule has 1 saturated heterocycles. The zero-order chi connectivity index (χ0) is 12.9. The van der Waals surface area contributed by atoms with Crippen molar-refractivity contribution in [1.82, 2.24) is 4.90 Å². The van der Waals surface area contributed by atoms with Crippen LogP contribution in [-0.2, 0) is 9.47 Å². The SMILES string of the molecule is CC(C)CCCN1CCOCC1.CCCOC. The Kier molecular flexibility index (Phi) is 12.3.